The number of pyridine rings is 1. The van der Waals surface area contributed by atoms with E-state index >= 15 is 0 Å². The highest BCUT2D eigenvalue weighted by Crippen LogP contribution is 2.25. The molecule has 0 saturated heterocycles. The molecule has 1 unspecified atom stereocenters. The normalized spacial score (nSPS) is 18.5. The Kier molecular flexibility index (Phi) is 4.42. The maximum absolute atomic E-state index is 7.60. The zero-order chi connectivity index (χ0) is 15.5. The minimum atomic E-state index is 0.259. The zero-order valence-electron chi connectivity index (χ0n) is 12.4. The predicted molar refractivity (Wildman–Crippen MR) is 91.4 cm³/mol. The third kappa shape index (κ3) is 2.99. The van der Waals surface area contributed by atoms with Gasteiger partial charge in [0.15, 0.2) is 5.65 Å². The lowest BCUT2D eigenvalue weighted by atomic mass is 9.92. The average molecular weight is 363 g/mol. The van der Waals surface area contributed by atoms with Gasteiger partial charge in [0.1, 0.15) is 0 Å². The Morgan fingerprint density at radius 2 is 2.41 bits per heavy atom. The van der Waals surface area contributed by atoms with Gasteiger partial charge in [0.05, 0.1) is 4.47 Å². The van der Waals surface area contributed by atoms with E-state index in [1.807, 2.05) is 18.3 Å². The van der Waals surface area contributed by atoms with Gasteiger partial charge in [0, 0.05) is 30.7 Å². The molecule has 1 aliphatic carbocycles. The van der Waals surface area contributed by atoms with Crippen LogP contribution >= 0.6 is 15.9 Å². The molecular weight excluding hydrogens is 344 g/mol. The standard InChI is InChI=1S/C15H19BrN6/c1-2-18-13-6-5-11(8-10(13)9-17)19-15-20-14-12(16)4-3-7-22(14)21-15/h3-4,7,9,11,17-18H,2,5-6,8H2,1H3,(H,19,21). The van der Waals surface area contributed by atoms with Crippen LogP contribution < -0.4 is 10.6 Å². The van der Waals surface area contributed by atoms with Crippen molar-refractivity contribution in [2.75, 3.05) is 11.9 Å². The van der Waals surface area contributed by atoms with Gasteiger partial charge in [-0.25, -0.2) is 4.52 Å². The molecule has 3 rings (SSSR count). The summed E-state index contributed by atoms with van der Waals surface area (Å²) in [6, 6.07) is 4.14. The van der Waals surface area contributed by atoms with E-state index in [0.29, 0.717) is 5.95 Å². The van der Waals surface area contributed by atoms with Crippen molar-refractivity contribution >= 4 is 33.7 Å². The van der Waals surface area contributed by atoms with Gasteiger partial charge in [0.2, 0.25) is 5.95 Å². The number of anilines is 1. The first-order valence-corrected chi connectivity index (χ1v) is 8.24. The number of nitrogens with one attached hydrogen (secondary N) is 3. The summed E-state index contributed by atoms with van der Waals surface area (Å²) in [4.78, 5) is 4.52. The lowest BCUT2D eigenvalue weighted by Gasteiger charge is -2.26. The molecule has 3 N–H and O–H groups in total. The molecule has 0 aliphatic heterocycles. The highest BCUT2D eigenvalue weighted by molar-refractivity contribution is 9.10. The highest BCUT2D eigenvalue weighted by Gasteiger charge is 2.21. The van der Waals surface area contributed by atoms with Gasteiger partial charge < -0.3 is 16.0 Å². The lowest BCUT2D eigenvalue weighted by molar-refractivity contribution is 0.581. The number of rotatable bonds is 5. The van der Waals surface area contributed by atoms with Crippen molar-refractivity contribution in [1.29, 1.82) is 5.41 Å². The van der Waals surface area contributed by atoms with Crippen LogP contribution in [0.4, 0.5) is 5.95 Å². The molecule has 2 aromatic heterocycles. The van der Waals surface area contributed by atoms with Crippen LogP contribution in [0.5, 0.6) is 0 Å². The molecule has 1 aliphatic rings. The van der Waals surface area contributed by atoms with Crippen molar-refractivity contribution in [2.24, 2.45) is 0 Å². The van der Waals surface area contributed by atoms with Gasteiger partial charge in [-0.15, -0.1) is 5.10 Å². The highest BCUT2D eigenvalue weighted by atomic mass is 79.9. The van der Waals surface area contributed by atoms with Crippen LogP contribution in [0.2, 0.25) is 0 Å². The molecular formula is C15H19BrN6. The molecule has 1 atom stereocenters. The fraction of sp³-hybridized carbons (Fsp3) is 0.400. The maximum atomic E-state index is 7.60. The summed E-state index contributed by atoms with van der Waals surface area (Å²) >= 11 is 3.48. The number of nitrogens with zero attached hydrogens (tertiary/aromatic N) is 3. The monoisotopic (exact) mass is 362 g/mol. The number of fused-ring (bicyclic) bond motifs is 1. The molecule has 116 valence electrons. The van der Waals surface area contributed by atoms with Crippen LogP contribution in [0.15, 0.2) is 34.1 Å². The smallest absolute Gasteiger partial charge is 0.243 e. The Labute approximate surface area is 137 Å². The summed E-state index contributed by atoms with van der Waals surface area (Å²) in [6.07, 6.45) is 6.12. The molecule has 0 bridgehead atoms. The van der Waals surface area contributed by atoms with E-state index in [-0.39, 0.29) is 6.04 Å². The van der Waals surface area contributed by atoms with Crippen LogP contribution in [0.1, 0.15) is 26.2 Å². The molecule has 22 heavy (non-hydrogen) atoms. The van der Waals surface area contributed by atoms with Gasteiger partial charge in [0.25, 0.3) is 0 Å². The van der Waals surface area contributed by atoms with Crippen molar-refractivity contribution in [3.8, 4) is 0 Å². The maximum Gasteiger partial charge on any atom is 0.243 e. The summed E-state index contributed by atoms with van der Waals surface area (Å²) in [5.41, 5.74) is 3.06. The van der Waals surface area contributed by atoms with Crippen molar-refractivity contribution in [1.82, 2.24) is 19.9 Å². The quantitative estimate of drug-likeness (QED) is 0.714. The fourth-order valence-corrected chi connectivity index (χ4v) is 3.19. The third-order valence-electron chi connectivity index (χ3n) is 3.81. The number of hydrogen-bond donors (Lipinski definition) is 3. The number of allylic oxidation sites excluding steroid dienone is 1. The van der Waals surface area contributed by atoms with Crippen molar-refractivity contribution in [2.45, 2.75) is 32.2 Å². The van der Waals surface area contributed by atoms with Gasteiger partial charge in [-0.1, -0.05) is 0 Å². The minimum Gasteiger partial charge on any atom is -0.388 e. The van der Waals surface area contributed by atoms with Crippen molar-refractivity contribution in [3.05, 3.63) is 34.1 Å². The largest absolute Gasteiger partial charge is 0.388 e. The zero-order valence-corrected chi connectivity index (χ0v) is 14.0. The third-order valence-corrected chi connectivity index (χ3v) is 4.43. The van der Waals surface area contributed by atoms with Gasteiger partial charge >= 0.3 is 0 Å². The van der Waals surface area contributed by atoms with E-state index in [2.05, 4.69) is 43.6 Å². The summed E-state index contributed by atoms with van der Waals surface area (Å²) < 4.78 is 2.68. The summed E-state index contributed by atoms with van der Waals surface area (Å²) in [6.45, 7) is 2.98. The second kappa shape index (κ2) is 6.48. The molecule has 0 radical (unpaired) electrons. The second-order valence-corrected chi connectivity index (χ2v) is 6.18. The Morgan fingerprint density at radius 3 is 3.14 bits per heavy atom. The van der Waals surface area contributed by atoms with Gasteiger partial charge in [-0.2, -0.15) is 4.98 Å². The Balaban J connectivity index is 1.76. The average Bonchev–Trinajstić information content (AvgIpc) is 2.93. The molecule has 6 nitrogen and oxygen atoms in total. The van der Waals surface area contributed by atoms with E-state index in [9.17, 15) is 0 Å². The lowest BCUT2D eigenvalue weighted by Crippen LogP contribution is -2.29. The van der Waals surface area contributed by atoms with Crippen molar-refractivity contribution in [3.63, 3.8) is 0 Å². The van der Waals surface area contributed by atoms with Crippen LogP contribution in [-0.4, -0.2) is 33.4 Å². The van der Waals surface area contributed by atoms with Crippen LogP contribution in [0, 0.1) is 5.41 Å². The fourth-order valence-electron chi connectivity index (χ4n) is 2.77. The van der Waals surface area contributed by atoms with Crippen LogP contribution in [0.25, 0.3) is 5.65 Å². The summed E-state index contributed by atoms with van der Waals surface area (Å²) in [5.74, 6) is 0.633. The molecule has 0 fully saturated rings. The Bertz CT molecular complexity index is 720. The van der Waals surface area contributed by atoms with E-state index in [1.165, 1.54) is 11.9 Å². The molecule has 0 saturated carbocycles. The van der Waals surface area contributed by atoms with Crippen LogP contribution in [-0.2, 0) is 0 Å². The Hall–Kier alpha value is -1.89. The summed E-state index contributed by atoms with van der Waals surface area (Å²) in [7, 11) is 0. The first kappa shape index (κ1) is 15.0. The molecule has 0 spiro atoms. The van der Waals surface area contributed by atoms with Gasteiger partial charge in [-0.3, -0.25) is 0 Å². The van der Waals surface area contributed by atoms with E-state index < -0.39 is 0 Å². The van der Waals surface area contributed by atoms with E-state index in [1.54, 1.807) is 4.52 Å². The topological polar surface area (TPSA) is 78.1 Å². The minimum absolute atomic E-state index is 0.259. The SMILES string of the molecule is CCNC1=C(C=N)CC(Nc2nc3c(Br)cccn3n2)CC1. The number of halogens is 1. The first-order valence-electron chi connectivity index (χ1n) is 7.45. The molecule has 0 aromatic carbocycles. The Morgan fingerprint density at radius 1 is 1.55 bits per heavy atom. The van der Waals surface area contributed by atoms with E-state index in [4.69, 9.17) is 5.41 Å². The molecule has 2 heterocycles. The molecule has 7 heteroatoms. The second-order valence-electron chi connectivity index (χ2n) is 5.32. The number of hydrogen-bond acceptors (Lipinski definition) is 5. The van der Waals surface area contributed by atoms with Crippen molar-refractivity contribution < 1.29 is 0 Å². The van der Waals surface area contributed by atoms with Crippen LogP contribution in [0.3, 0.4) is 0 Å². The predicted octanol–water partition coefficient (Wildman–Crippen LogP) is 2.97. The molecule has 0 amide bonds. The number of aromatic nitrogens is 3. The van der Waals surface area contributed by atoms with E-state index in [0.717, 1.165) is 41.5 Å². The molecule has 2 aromatic rings. The van der Waals surface area contributed by atoms with Gasteiger partial charge in [-0.05, 0) is 59.8 Å². The first-order chi connectivity index (χ1) is 10.7. The summed E-state index contributed by atoms with van der Waals surface area (Å²) in [5, 5.41) is 18.8.